The van der Waals surface area contributed by atoms with Crippen LogP contribution in [0.5, 0.6) is 0 Å². The molecule has 0 bridgehead atoms. The zero-order chi connectivity index (χ0) is 16.2. The Balaban J connectivity index is 1.95. The number of nitrogens with one attached hydrogen (secondary N) is 1. The Morgan fingerprint density at radius 3 is 2.55 bits per heavy atom. The highest BCUT2D eigenvalue weighted by Crippen LogP contribution is 2.13. The molecule has 1 atom stereocenters. The number of carbonyl (C=O) groups is 2. The van der Waals surface area contributed by atoms with E-state index in [4.69, 9.17) is 10.3 Å². The van der Waals surface area contributed by atoms with Gasteiger partial charge in [0.1, 0.15) is 12.0 Å². The number of hydrogen-bond acceptors (Lipinski definition) is 5. The number of ether oxygens (including phenoxy) is 1. The lowest BCUT2D eigenvalue weighted by Gasteiger charge is -2.25. The average molecular weight is 323 g/mol. The topological polar surface area (TPSA) is 126 Å². The second-order valence-electron chi connectivity index (χ2n) is 4.68. The van der Waals surface area contributed by atoms with Crippen molar-refractivity contribution in [2.45, 2.75) is 18.4 Å². The largest absolute Gasteiger partial charge is 0.452 e. The maximum Gasteiger partial charge on any atom is 0.418 e. The summed E-state index contributed by atoms with van der Waals surface area (Å²) in [5, 5.41) is 1.14. The van der Waals surface area contributed by atoms with Crippen molar-refractivity contribution in [2.24, 2.45) is 0 Å². The van der Waals surface area contributed by atoms with Crippen LogP contribution in [0.4, 0.5) is 0 Å². The molecular formula is C13H13N3O5S. The normalized spacial score (nSPS) is 16.9. The van der Waals surface area contributed by atoms with Crippen LogP contribution >= 0.6 is 0 Å². The zero-order valence-electron chi connectivity index (χ0n) is 11.4. The summed E-state index contributed by atoms with van der Waals surface area (Å²) in [5.41, 5.74) is 8.90. The van der Waals surface area contributed by atoms with E-state index in [1.165, 1.54) is 0 Å². The van der Waals surface area contributed by atoms with E-state index in [1.807, 2.05) is 0 Å². The SMILES string of the molecule is [N-]=[N+]=C(CS(=O)(=O)[C@H]1CC(=O)N1)C(=O)OCc1ccccc1. The minimum atomic E-state index is -3.82. The first-order valence-corrected chi connectivity index (χ1v) is 8.07. The van der Waals surface area contributed by atoms with Gasteiger partial charge in [-0.15, -0.1) is 0 Å². The van der Waals surface area contributed by atoms with Crippen molar-refractivity contribution >= 4 is 27.4 Å². The summed E-state index contributed by atoms with van der Waals surface area (Å²) in [6.07, 6.45) is -0.167. The summed E-state index contributed by atoms with van der Waals surface area (Å²) in [5.74, 6) is -2.22. The monoisotopic (exact) mass is 323 g/mol. The Bertz CT molecular complexity index is 730. The van der Waals surface area contributed by atoms with Crippen LogP contribution < -0.4 is 5.32 Å². The van der Waals surface area contributed by atoms with Crippen molar-refractivity contribution in [1.29, 1.82) is 0 Å². The van der Waals surface area contributed by atoms with Crippen molar-refractivity contribution < 1.29 is 27.5 Å². The first-order valence-electron chi connectivity index (χ1n) is 6.35. The van der Waals surface area contributed by atoms with E-state index in [2.05, 4.69) is 10.1 Å². The molecule has 116 valence electrons. The van der Waals surface area contributed by atoms with Crippen molar-refractivity contribution in [2.75, 3.05) is 5.75 Å². The van der Waals surface area contributed by atoms with Crippen LogP contribution in [-0.2, 0) is 30.8 Å². The third kappa shape index (κ3) is 3.78. The smallest absolute Gasteiger partial charge is 0.418 e. The molecule has 1 aliphatic rings. The van der Waals surface area contributed by atoms with E-state index >= 15 is 0 Å². The Labute approximate surface area is 126 Å². The fraction of sp³-hybridized carbons (Fsp3) is 0.308. The molecule has 0 unspecified atom stereocenters. The number of rotatable bonds is 6. The standard InChI is InChI=1S/C13H13N3O5S/c14-16-10(8-22(19,20)12-6-11(17)15-12)13(18)21-7-9-4-2-1-3-5-9/h1-5,12H,6-8H2,(H,15,17)/t12-/m0/s1. The summed E-state index contributed by atoms with van der Waals surface area (Å²) in [6, 6.07) is 8.76. The quantitative estimate of drug-likeness (QED) is 0.252. The molecule has 2 rings (SSSR count). The minimum Gasteiger partial charge on any atom is -0.452 e. The van der Waals surface area contributed by atoms with Gasteiger partial charge in [0.2, 0.25) is 5.91 Å². The molecule has 8 nitrogen and oxygen atoms in total. The molecule has 22 heavy (non-hydrogen) atoms. The molecule has 1 N–H and O–H groups in total. The predicted molar refractivity (Wildman–Crippen MR) is 75.2 cm³/mol. The highest BCUT2D eigenvalue weighted by atomic mass is 32.2. The molecule has 1 aliphatic heterocycles. The second kappa shape index (κ2) is 6.50. The van der Waals surface area contributed by atoms with Gasteiger partial charge in [-0.1, -0.05) is 30.3 Å². The summed E-state index contributed by atoms with van der Waals surface area (Å²) in [6.45, 7) is -0.0705. The molecule has 1 amide bonds. The Morgan fingerprint density at radius 1 is 1.36 bits per heavy atom. The fourth-order valence-electron chi connectivity index (χ4n) is 1.77. The van der Waals surface area contributed by atoms with Gasteiger partial charge in [-0.3, -0.25) is 4.79 Å². The van der Waals surface area contributed by atoms with Crippen molar-refractivity contribution in [3.05, 3.63) is 41.4 Å². The van der Waals surface area contributed by atoms with E-state index in [1.54, 1.807) is 30.3 Å². The van der Waals surface area contributed by atoms with E-state index < -0.39 is 32.6 Å². The van der Waals surface area contributed by atoms with E-state index in [0.717, 1.165) is 0 Å². The van der Waals surface area contributed by atoms with Gasteiger partial charge in [-0.2, -0.15) is 4.79 Å². The van der Waals surface area contributed by atoms with Gasteiger partial charge in [0.15, 0.2) is 15.6 Å². The molecule has 1 aromatic rings. The lowest BCUT2D eigenvalue weighted by Crippen LogP contribution is -2.54. The molecular weight excluding hydrogens is 310 g/mol. The van der Waals surface area contributed by atoms with Gasteiger partial charge in [0.25, 0.3) is 0 Å². The maximum absolute atomic E-state index is 11.9. The highest BCUT2D eigenvalue weighted by Gasteiger charge is 2.41. The Hall–Kier alpha value is -2.51. The molecule has 1 saturated heterocycles. The van der Waals surface area contributed by atoms with E-state index in [0.29, 0.717) is 5.56 Å². The number of β-lactam (4-membered cyclic amide) rings is 1. The molecule has 0 saturated carbocycles. The number of sulfone groups is 1. The molecule has 0 spiro atoms. The number of amides is 1. The lowest BCUT2D eigenvalue weighted by molar-refractivity contribution is -0.141. The molecule has 0 radical (unpaired) electrons. The molecule has 0 aromatic heterocycles. The van der Waals surface area contributed by atoms with Crippen LogP contribution in [0.25, 0.3) is 5.53 Å². The van der Waals surface area contributed by atoms with E-state index in [9.17, 15) is 18.0 Å². The maximum atomic E-state index is 11.9. The van der Waals surface area contributed by atoms with Crippen molar-refractivity contribution in [1.82, 2.24) is 5.32 Å². The van der Waals surface area contributed by atoms with Crippen LogP contribution in [0.15, 0.2) is 30.3 Å². The predicted octanol–water partition coefficient (Wildman–Crippen LogP) is -0.339. The number of nitrogens with zero attached hydrogens (tertiary/aromatic N) is 2. The van der Waals surface area contributed by atoms with Gasteiger partial charge >= 0.3 is 11.7 Å². The second-order valence-corrected chi connectivity index (χ2v) is 6.86. The zero-order valence-corrected chi connectivity index (χ0v) is 12.2. The summed E-state index contributed by atoms with van der Waals surface area (Å²) in [7, 11) is -3.82. The van der Waals surface area contributed by atoms with Gasteiger partial charge in [-0.05, 0) is 5.56 Å². The van der Waals surface area contributed by atoms with Gasteiger partial charge < -0.3 is 15.6 Å². The van der Waals surface area contributed by atoms with Crippen LogP contribution in [0, 0.1) is 0 Å². The van der Waals surface area contributed by atoms with Crippen LogP contribution in [0.2, 0.25) is 0 Å². The number of benzene rings is 1. The summed E-state index contributed by atoms with van der Waals surface area (Å²) >= 11 is 0. The van der Waals surface area contributed by atoms with Crippen molar-refractivity contribution in [3.63, 3.8) is 0 Å². The summed E-state index contributed by atoms with van der Waals surface area (Å²) < 4.78 is 28.7. The third-order valence-electron chi connectivity index (χ3n) is 3.03. The van der Waals surface area contributed by atoms with Crippen LogP contribution in [0.3, 0.4) is 0 Å². The van der Waals surface area contributed by atoms with Gasteiger partial charge in [0.05, 0.1) is 6.42 Å². The molecule has 9 heteroatoms. The Kier molecular flexibility index (Phi) is 4.69. The molecule has 1 fully saturated rings. The average Bonchev–Trinajstić information content (AvgIpc) is 2.48. The van der Waals surface area contributed by atoms with Crippen LogP contribution in [0.1, 0.15) is 12.0 Å². The van der Waals surface area contributed by atoms with E-state index in [-0.39, 0.29) is 18.9 Å². The molecule has 0 aliphatic carbocycles. The molecule has 1 aromatic carbocycles. The van der Waals surface area contributed by atoms with Gasteiger partial charge in [0, 0.05) is 0 Å². The lowest BCUT2D eigenvalue weighted by atomic mass is 10.2. The number of esters is 1. The number of carbonyl (C=O) groups excluding carboxylic acids is 2. The van der Waals surface area contributed by atoms with Crippen LogP contribution in [-0.4, -0.2) is 41.9 Å². The fourth-order valence-corrected chi connectivity index (χ4v) is 3.24. The third-order valence-corrected chi connectivity index (χ3v) is 4.86. The minimum absolute atomic E-state index is 0.0705. The first-order chi connectivity index (χ1) is 10.4. The molecule has 1 heterocycles. The summed E-state index contributed by atoms with van der Waals surface area (Å²) in [4.78, 5) is 25.2. The first kappa shape index (κ1) is 15.9. The van der Waals surface area contributed by atoms with Crippen molar-refractivity contribution in [3.8, 4) is 0 Å². The van der Waals surface area contributed by atoms with Gasteiger partial charge in [-0.25, -0.2) is 13.2 Å². The Morgan fingerprint density at radius 2 is 2.00 bits per heavy atom. The number of hydrogen-bond donors (Lipinski definition) is 1. The highest BCUT2D eigenvalue weighted by molar-refractivity contribution is 7.92.